The lowest BCUT2D eigenvalue weighted by Gasteiger charge is -2.10. The predicted molar refractivity (Wildman–Crippen MR) is 75.4 cm³/mol. The Kier molecular flexibility index (Phi) is 8.24. The highest BCUT2D eigenvalue weighted by Crippen LogP contribution is 2.25. The van der Waals surface area contributed by atoms with Gasteiger partial charge in [-0.15, -0.1) is 0 Å². The highest BCUT2D eigenvalue weighted by atomic mass is 16.5. The van der Waals surface area contributed by atoms with Gasteiger partial charge in [0.25, 0.3) is 0 Å². The van der Waals surface area contributed by atoms with Crippen LogP contribution in [0.3, 0.4) is 0 Å². The third kappa shape index (κ3) is 6.68. The second-order valence-corrected chi connectivity index (χ2v) is 4.22. The van der Waals surface area contributed by atoms with Gasteiger partial charge in [-0.25, -0.2) is 0 Å². The number of ether oxygens (including phenoxy) is 2. The average molecular weight is 262 g/mol. The molecule has 0 aromatic heterocycles. The summed E-state index contributed by atoms with van der Waals surface area (Å²) in [7, 11) is 1.64. The molecular formula is C15H22N2O2. The molecule has 0 saturated heterocycles. The summed E-state index contributed by atoms with van der Waals surface area (Å²) in [6.07, 6.45) is 3.87. The van der Waals surface area contributed by atoms with E-state index in [1.165, 1.54) is 0 Å². The van der Waals surface area contributed by atoms with Crippen LogP contribution in [0.5, 0.6) is 11.5 Å². The van der Waals surface area contributed by atoms with Crippen molar-refractivity contribution in [2.75, 3.05) is 26.8 Å². The molecule has 0 fully saturated rings. The highest BCUT2D eigenvalue weighted by Gasteiger charge is 2.01. The molecule has 0 amide bonds. The Morgan fingerprint density at radius 1 is 1.11 bits per heavy atom. The standard InChI is InChI=1S/C15H22N2O2/c1-18-14-8-4-5-9-15(14)19-13-12-17-11-7-3-2-6-10-16/h4-5,8-9,17H,2-3,6-7,11-13H2,1H3. The molecule has 0 aliphatic carbocycles. The molecule has 0 bridgehead atoms. The van der Waals surface area contributed by atoms with Crippen molar-refractivity contribution < 1.29 is 9.47 Å². The molecule has 0 aliphatic rings. The fourth-order valence-corrected chi connectivity index (χ4v) is 1.73. The number of rotatable bonds is 10. The summed E-state index contributed by atoms with van der Waals surface area (Å²) in [6.45, 7) is 2.41. The Balaban J connectivity index is 2.03. The third-order valence-corrected chi connectivity index (χ3v) is 2.75. The normalized spacial score (nSPS) is 9.89. The predicted octanol–water partition coefficient (Wildman–Crippen LogP) is 2.75. The van der Waals surface area contributed by atoms with Crippen molar-refractivity contribution in [3.63, 3.8) is 0 Å². The summed E-state index contributed by atoms with van der Waals surface area (Å²) in [5.41, 5.74) is 0. The molecule has 0 saturated carbocycles. The molecule has 0 spiro atoms. The van der Waals surface area contributed by atoms with Crippen molar-refractivity contribution in [2.24, 2.45) is 0 Å². The van der Waals surface area contributed by atoms with Crippen LogP contribution in [0.15, 0.2) is 24.3 Å². The fourth-order valence-electron chi connectivity index (χ4n) is 1.73. The van der Waals surface area contributed by atoms with Crippen molar-refractivity contribution in [1.82, 2.24) is 5.32 Å². The molecule has 0 heterocycles. The molecule has 1 N–H and O–H groups in total. The molecule has 1 aromatic carbocycles. The lowest BCUT2D eigenvalue weighted by atomic mass is 10.2. The number of methoxy groups -OCH3 is 1. The van der Waals surface area contributed by atoms with Gasteiger partial charge in [0.05, 0.1) is 13.2 Å². The van der Waals surface area contributed by atoms with E-state index >= 15 is 0 Å². The van der Waals surface area contributed by atoms with Crippen LogP contribution in [0.2, 0.25) is 0 Å². The van der Waals surface area contributed by atoms with Gasteiger partial charge in [0.2, 0.25) is 0 Å². The minimum atomic E-state index is 0.624. The van der Waals surface area contributed by atoms with Gasteiger partial charge in [0.1, 0.15) is 6.61 Å². The van der Waals surface area contributed by atoms with E-state index in [4.69, 9.17) is 14.7 Å². The van der Waals surface area contributed by atoms with E-state index in [0.29, 0.717) is 13.0 Å². The Hall–Kier alpha value is -1.73. The number of unbranched alkanes of at least 4 members (excludes halogenated alkanes) is 3. The zero-order valence-corrected chi connectivity index (χ0v) is 11.5. The number of nitriles is 1. The van der Waals surface area contributed by atoms with Crippen LogP contribution >= 0.6 is 0 Å². The molecule has 4 nitrogen and oxygen atoms in total. The number of hydrogen-bond donors (Lipinski definition) is 1. The number of nitrogens with one attached hydrogen (secondary N) is 1. The van der Waals surface area contributed by atoms with Gasteiger partial charge in [-0.1, -0.05) is 18.6 Å². The highest BCUT2D eigenvalue weighted by molar-refractivity contribution is 5.39. The van der Waals surface area contributed by atoms with Crippen molar-refractivity contribution in [3.8, 4) is 17.6 Å². The van der Waals surface area contributed by atoms with Crippen LogP contribution in [0.25, 0.3) is 0 Å². The van der Waals surface area contributed by atoms with Crippen molar-refractivity contribution in [3.05, 3.63) is 24.3 Å². The average Bonchev–Trinajstić information content (AvgIpc) is 2.46. The van der Waals surface area contributed by atoms with E-state index in [2.05, 4.69) is 11.4 Å². The Morgan fingerprint density at radius 3 is 2.63 bits per heavy atom. The van der Waals surface area contributed by atoms with Gasteiger partial charge < -0.3 is 14.8 Å². The first kappa shape index (κ1) is 15.3. The van der Waals surface area contributed by atoms with Gasteiger partial charge >= 0.3 is 0 Å². The van der Waals surface area contributed by atoms with E-state index in [9.17, 15) is 0 Å². The maximum atomic E-state index is 8.40. The molecule has 0 unspecified atom stereocenters. The van der Waals surface area contributed by atoms with Gasteiger partial charge in [-0.3, -0.25) is 0 Å². The minimum Gasteiger partial charge on any atom is -0.493 e. The largest absolute Gasteiger partial charge is 0.493 e. The molecular weight excluding hydrogens is 240 g/mol. The second kappa shape index (κ2) is 10.2. The Labute approximate surface area is 115 Å². The summed E-state index contributed by atoms with van der Waals surface area (Å²) in [4.78, 5) is 0. The monoisotopic (exact) mass is 262 g/mol. The van der Waals surface area contributed by atoms with Crippen LogP contribution in [0.1, 0.15) is 25.7 Å². The number of nitrogens with zero attached hydrogens (tertiary/aromatic N) is 1. The summed E-state index contributed by atoms with van der Waals surface area (Å²) in [5, 5.41) is 11.7. The number of para-hydroxylation sites is 2. The quantitative estimate of drug-likeness (QED) is 0.659. The molecule has 104 valence electrons. The lowest BCUT2D eigenvalue weighted by molar-refractivity contribution is 0.292. The summed E-state index contributed by atoms with van der Waals surface area (Å²) in [5.74, 6) is 1.54. The second-order valence-electron chi connectivity index (χ2n) is 4.22. The molecule has 1 rings (SSSR count). The van der Waals surface area contributed by atoms with Crippen LogP contribution in [0, 0.1) is 11.3 Å². The number of hydrogen-bond acceptors (Lipinski definition) is 4. The SMILES string of the molecule is COc1ccccc1OCCNCCCCCC#N. The maximum Gasteiger partial charge on any atom is 0.161 e. The van der Waals surface area contributed by atoms with Gasteiger partial charge in [0, 0.05) is 13.0 Å². The molecule has 19 heavy (non-hydrogen) atoms. The Morgan fingerprint density at radius 2 is 1.89 bits per heavy atom. The zero-order valence-electron chi connectivity index (χ0n) is 11.5. The Bertz CT molecular complexity index is 388. The smallest absolute Gasteiger partial charge is 0.161 e. The molecule has 4 heteroatoms. The first-order valence-electron chi connectivity index (χ1n) is 6.72. The van der Waals surface area contributed by atoms with Crippen LogP contribution in [0.4, 0.5) is 0 Å². The van der Waals surface area contributed by atoms with Crippen LogP contribution < -0.4 is 14.8 Å². The first-order chi connectivity index (χ1) is 9.38. The fraction of sp³-hybridized carbons (Fsp3) is 0.533. The van der Waals surface area contributed by atoms with Gasteiger partial charge in [0.15, 0.2) is 11.5 Å². The molecule has 0 radical (unpaired) electrons. The van der Waals surface area contributed by atoms with Crippen molar-refractivity contribution in [1.29, 1.82) is 5.26 Å². The zero-order chi connectivity index (χ0) is 13.8. The molecule has 0 atom stereocenters. The van der Waals surface area contributed by atoms with Crippen molar-refractivity contribution >= 4 is 0 Å². The van der Waals surface area contributed by atoms with Gasteiger partial charge in [-0.05, 0) is 31.5 Å². The van der Waals surface area contributed by atoms with Crippen molar-refractivity contribution in [2.45, 2.75) is 25.7 Å². The molecule has 1 aromatic rings. The minimum absolute atomic E-state index is 0.624. The molecule has 0 aliphatic heterocycles. The number of benzene rings is 1. The van der Waals surface area contributed by atoms with E-state index in [0.717, 1.165) is 43.9 Å². The van der Waals surface area contributed by atoms with Crippen LogP contribution in [-0.4, -0.2) is 26.8 Å². The van der Waals surface area contributed by atoms with E-state index in [-0.39, 0.29) is 0 Å². The van der Waals surface area contributed by atoms with E-state index < -0.39 is 0 Å². The van der Waals surface area contributed by atoms with Gasteiger partial charge in [-0.2, -0.15) is 5.26 Å². The van der Waals surface area contributed by atoms with Crippen LogP contribution in [-0.2, 0) is 0 Å². The summed E-state index contributed by atoms with van der Waals surface area (Å²) < 4.78 is 10.8. The van der Waals surface area contributed by atoms with E-state index in [1.54, 1.807) is 7.11 Å². The maximum absolute atomic E-state index is 8.40. The summed E-state index contributed by atoms with van der Waals surface area (Å²) >= 11 is 0. The first-order valence-corrected chi connectivity index (χ1v) is 6.72. The van der Waals surface area contributed by atoms with E-state index in [1.807, 2.05) is 24.3 Å². The summed E-state index contributed by atoms with van der Waals surface area (Å²) in [6, 6.07) is 9.80. The third-order valence-electron chi connectivity index (χ3n) is 2.75. The lowest BCUT2D eigenvalue weighted by Crippen LogP contribution is -2.22. The topological polar surface area (TPSA) is 54.3 Å².